The van der Waals surface area contributed by atoms with E-state index in [0.29, 0.717) is 35.3 Å². The van der Waals surface area contributed by atoms with Crippen molar-refractivity contribution in [1.29, 1.82) is 0 Å². The monoisotopic (exact) mass is 459 g/mol. The maximum Gasteiger partial charge on any atom is 0.255 e. The second-order valence-electron chi connectivity index (χ2n) is 8.22. The van der Waals surface area contributed by atoms with Gasteiger partial charge in [0.1, 0.15) is 12.4 Å². The molecular weight excluding hydrogens is 434 g/mol. The Morgan fingerprint density at radius 2 is 1.79 bits per heavy atom. The third-order valence-corrected chi connectivity index (χ3v) is 5.54. The Labute approximate surface area is 199 Å². The number of hydrogen-bond donors (Lipinski definition) is 1. The van der Waals surface area contributed by atoms with Crippen molar-refractivity contribution < 1.29 is 9.53 Å². The number of nitrogens with zero attached hydrogens (tertiary/aromatic N) is 2. The van der Waals surface area contributed by atoms with Gasteiger partial charge in [-0.15, -0.1) is 0 Å². The SMILES string of the molecule is CC(C)c1ccc(OCc2cccc(C(=O)Nc3cnn(Cc4ccc(Cl)cc4)c3)c2)cc1. The molecule has 0 radical (unpaired) electrons. The highest BCUT2D eigenvalue weighted by atomic mass is 35.5. The van der Waals surface area contributed by atoms with Crippen LogP contribution in [0, 0.1) is 0 Å². The molecule has 0 aliphatic rings. The van der Waals surface area contributed by atoms with Crippen LogP contribution in [0.2, 0.25) is 5.02 Å². The van der Waals surface area contributed by atoms with Gasteiger partial charge in [0.15, 0.2) is 0 Å². The molecule has 0 saturated carbocycles. The van der Waals surface area contributed by atoms with Gasteiger partial charge in [-0.2, -0.15) is 5.10 Å². The van der Waals surface area contributed by atoms with E-state index < -0.39 is 0 Å². The maximum absolute atomic E-state index is 12.7. The van der Waals surface area contributed by atoms with Gasteiger partial charge in [0.2, 0.25) is 0 Å². The summed E-state index contributed by atoms with van der Waals surface area (Å²) in [5, 5.41) is 7.93. The Kier molecular flexibility index (Phi) is 7.10. The number of carbonyl (C=O) groups is 1. The van der Waals surface area contributed by atoms with E-state index >= 15 is 0 Å². The molecule has 168 valence electrons. The van der Waals surface area contributed by atoms with Crippen molar-refractivity contribution in [2.24, 2.45) is 0 Å². The molecule has 5 nitrogen and oxygen atoms in total. The molecule has 0 spiro atoms. The van der Waals surface area contributed by atoms with Crippen LogP contribution >= 0.6 is 11.6 Å². The predicted molar refractivity (Wildman–Crippen MR) is 132 cm³/mol. The summed E-state index contributed by atoms with van der Waals surface area (Å²) in [6.07, 6.45) is 3.45. The minimum absolute atomic E-state index is 0.191. The second kappa shape index (κ2) is 10.4. The molecule has 4 rings (SSSR count). The first kappa shape index (κ1) is 22.6. The quantitative estimate of drug-likeness (QED) is 0.325. The molecule has 0 aliphatic carbocycles. The first-order chi connectivity index (χ1) is 16.0. The van der Waals surface area contributed by atoms with Crippen LogP contribution in [-0.4, -0.2) is 15.7 Å². The fourth-order valence-electron chi connectivity index (χ4n) is 3.41. The fourth-order valence-corrected chi connectivity index (χ4v) is 3.54. The topological polar surface area (TPSA) is 56.1 Å². The van der Waals surface area contributed by atoms with E-state index in [1.165, 1.54) is 5.56 Å². The molecule has 0 unspecified atom stereocenters. The summed E-state index contributed by atoms with van der Waals surface area (Å²) in [6.45, 7) is 5.31. The van der Waals surface area contributed by atoms with Gasteiger partial charge in [-0.05, 0) is 59.0 Å². The number of nitrogens with one attached hydrogen (secondary N) is 1. The maximum atomic E-state index is 12.7. The molecule has 0 atom stereocenters. The lowest BCUT2D eigenvalue weighted by molar-refractivity contribution is 0.102. The molecule has 0 bridgehead atoms. The smallest absolute Gasteiger partial charge is 0.255 e. The first-order valence-electron chi connectivity index (χ1n) is 10.9. The summed E-state index contributed by atoms with van der Waals surface area (Å²) in [4.78, 5) is 12.7. The lowest BCUT2D eigenvalue weighted by atomic mass is 10.0. The predicted octanol–water partition coefficient (Wildman–Crippen LogP) is 6.54. The van der Waals surface area contributed by atoms with Gasteiger partial charge < -0.3 is 10.1 Å². The molecule has 0 aliphatic heterocycles. The molecule has 1 N–H and O–H groups in total. The molecule has 4 aromatic rings. The van der Waals surface area contributed by atoms with Crippen LogP contribution in [0.4, 0.5) is 5.69 Å². The number of ether oxygens (including phenoxy) is 1. The summed E-state index contributed by atoms with van der Waals surface area (Å²) in [5.41, 5.74) is 4.48. The van der Waals surface area contributed by atoms with Gasteiger partial charge in [-0.1, -0.05) is 61.8 Å². The summed E-state index contributed by atoms with van der Waals surface area (Å²) in [7, 11) is 0. The van der Waals surface area contributed by atoms with Crippen LogP contribution in [-0.2, 0) is 13.2 Å². The number of hydrogen-bond acceptors (Lipinski definition) is 3. The van der Waals surface area contributed by atoms with Gasteiger partial charge in [0.05, 0.1) is 18.4 Å². The van der Waals surface area contributed by atoms with Crippen molar-refractivity contribution in [3.63, 3.8) is 0 Å². The van der Waals surface area contributed by atoms with Gasteiger partial charge in [0.25, 0.3) is 5.91 Å². The highest BCUT2D eigenvalue weighted by Gasteiger charge is 2.09. The number of halogens is 1. The molecule has 1 aromatic heterocycles. The Morgan fingerprint density at radius 1 is 1.03 bits per heavy atom. The average Bonchev–Trinajstić information content (AvgIpc) is 3.26. The zero-order valence-electron chi connectivity index (χ0n) is 18.7. The van der Waals surface area contributed by atoms with Crippen LogP contribution in [0.25, 0.3) is 0 Å². The van der Waals surface area contributed by atoms with Crippen LogP contribution in [0.3, 0.4) is 0 Å². The minimum Gasteiger partial charge on any atom is -0.489 e. The van der Waals surface area contributed by atoms with Crippen molar-refractivity contribution in [1.82, 2.24) is 9.78 Å². The molecule has 6 heteroatoms. The van der Waals surface area contributed by atoms with E-state index in [2.05, 4.69) is 36.4 Å². The van der Waals surface area contributed by atoms with Crippen LogP contribution in [0.5, 0.6) is 5.75 Å². The number of aromatic nitrogens is 2. The molecule has 0 saturated heterocycles. The van der Waals surface area contributed by atoms with Gasteiger partial charge >= 0.3 is 0 Å². The minimum atomic E-state index is -0.191. The molecule has 1 heterocycles. The highest BCUT2D eigenvalue weighted by Crippen LogP contribution is 2.20. The fraction of sp³-hybridized carbons (Fsp3) is 0.185. The average molecular weight is 460 g/mol. The van der Waals surface area contributed by atoms with Crippen molar-refractivity contribution >= 4 is 23.2 Å². The first-order valence-corrected chi connectivity index (χ1v) is 11.2. The Hall–Kier alpha value is -3.57. The number of carbonyl (C=O) groups excluding carboxylic acids is 1. The van der Waals surface area contributed by atoms with E-state index in [4.69, 9.17) is 16.3 Å². The van der Waals surface area contributed by atoms with Crippen molar-refractivity contribution in [3.05, 3.63) is 112 Å². The van der Waals surface area contributed by atoms with E-state index in [9.17, 15) is 4.79 Å². The summed E-state index contributed by atoms with van der Waals surface area (Å²) in [5.74, 6) is 1.10. The van der Waals surface area contributed by atoms with Gasteiger partial charge in [0, 0.05) is 16.8 Å². The van der Waals surface area contributed by atoms with Crippen LogP contribution in [0.15, 0.2) is 85.2 Å². The lowest BCUT2D eigenvalue weighted by Crippen LogP contribution is -2.12. The van der Waals surface area contributed by atoms with Gasteiger partial charge in [-0.3, -0.25) is 9.48 Å². The largest absolute Gasteiger partial charge is 0.489 e. The van der Waals surface area contributed by atoms with E-state index in [0.717, 1.165) is 16.9 Å². The molecule has 33 heavy (non-hydrogen) atoms. The number of anilines is 1. The van der Waals surface area contributed by atoms with Crippen LogP contribution < -0.4 is 10.1 Å². The van der Waals surface area contributed by atoms with E-state index in [1.807, 2.05) is 54.6 Å². The third-order valence-electron chi connectivity index (χ3n) is 5.29. The summed E-state index contributed by atoms with van der Waals surface area (Å²) in [6, 6.07) is 23.2. The zero-order chi connectivity index (χ0) is 23.2. The second-order valence-corrected chi connectivity index (χ2v) is 8.66. The Morgan fingerprint density at radius 3 is 2.52 bits per heavy atom. The lowest BCUT2D eigenvalue weighted by Gasteiger charge is -2.10. The summed E-state index contributed by atoms with van der Waals surface area (Å²) >= 11 is 5.93. The van der Waals surface area contributed by atoms with Crippen molar-refractivity contribution in [2.75, 3.05) is 5.32 Å². The highest BCUT2D eigenvalue weighted by molar-refractivity contribution is 6.30. The number of rotatable bonds is 8. The normalized spacial score (nSPS) is 10.9. The van der Waals surface area contributed by atoms with Crippen LogP contribution in [0.1, 0.15) is 46.8 Å². The van der Waals surface area contributed by atoms with Gasteiger partial charge in [-0.25, -0.2) is 0 Å². The van der Waals surface area contributed by atoms with E-state index in [-0.39, 0.29) is 5.91 Å². The molecule has 0 fully saturated rings. The van der Waals surface area contributed by atoms with Crippen molar-refractivity contribution in [2.45, 2.75) is 32.9 Å². The molecule has 3 aromatic carbocycles. The Bertz CT molecular complexity index is 1210. The number of benzene rings is 3. The number of amides is 1. The van der Waals surface area contributed by atoms with Crippen molar-refractivity contribution in [3.8, 4) is 5.75 Å². The van der Waals surface area contributed by atoms with E-state index in [1.54, 1.807) is 23.1 Å². The Balaban J connectivity index is 1.34. The standard InChI is InChI=1S/C27H26ClN3O2/c1-19(2)22-8-12-26(13-9-22)33-18-21-4-3-5-23(14-21)27(32)30-25-15-29-31(17-25)16-20-6-10-24(28)11-7-20/h3-15,17,19H,16,18H2,1-2H3,(H,30,32). The molecular formula is C27H26ClN3O2. The zero-order valence-corrected chi connectivity index (χ0v) is 19.4. The summed E-state index contributed by atoms with van der Waals surface area (Å²) < 4.78 is 7.67. The third kappa shape index (κ3) is 6.24. The molecule has 1 amide bonds.